The minimum absolute atomic E-state index is 0. The van der Waals surface area contributed by atoms with Gasteiger partial charge in [-0.1, -0.05) is 0 Å². The number of halogens is 4. The van der Waals surface area contributed by atoms with E-state index in [1.54, 1.807) is 0 Å². The Bertz CT molecular complexity index is 27.2. The molecule has 0 radical (unpaired) electrons. The molecule has 0 fully saturated rings. The molecule has 0 aliphatic rings. The predicted octanol–water partition coefficient (Wildman–Crippen LogP) is 0.736. The van der Waals surface area contributed by atoms with Crippen molar-refractivity contribution in [1.29, 1.82) is 0 Å². The molecule has 0 aromatic carbocycles. The topological polar surface area (TPSA) is 0 Å². The van der Waals surface area contributed by atoms with Crippen molar-refractivity contribution in [2.75, 3.05) is 0 Å². The van der Waals surface area contributed by atoms with E-state index in [-0.39, 0.29) is 31.0 Å². The molecule has 0 amide bonds. The van der Waals surface area contributed by atoms with E-state index in [0.717, 1.165) is 0 Å². The molecule has 0 unspecified atom stereocenters. The van der Waals surface area contributed by atoms with Crippen LogP contribution in [0, 0.1) is 0 Å². The standard InChI is InChI=1S/Cl4P.Na.H/c1-5(2,3)4;;/q2*+1;-1. The van der Waals surface area contributed by atoms with Crippen LogP contribution in [0.3, 0.4) is 0 Å². The van der Waals surface area contributed by atoms with Gasteiger partial charge >= 0.3 is 34.2 Å². The van der Waals surface area contributed by atoms with Gasteiger partial charge < -0.3 is 1.43 Å². The van der Waals surface area contributed by atoms with Gasteiger partial charge in [0.15, 0.2) is 0 Å². The Hall–Kier alpha value is 2.59. The fourth-order valence-corrected chi connectivity index (χ4v) is 0. The zero-order valence-corrected chi connectivity index (χ0v) is 8.88. The Labute approximate surface area is 79.7 Å². The van der Waals surface area contributed by atoms with E-state index in [0.29, 0.717) is 0 Å². The van der Waals surface area contributed by atoms with Crippen LogP contribution in [0.5, 0.6) is 0 Å². The minimum atomic E-state index is -2.50. The molecular weight excluding hydrogens is 196 g/mol. The molecule has 0 aliphatic heterocycles. The van der Waals surface area contributed by atoms with Gasteiger partial charge in [-0.05, 0) is 0 Å². The largest absolute Gasteiger partial charge is 1.00 e. The van der Waals surface area contributed by atoms with Gasteiger partial charge in [0.25, 0.3) is 0 Å². The molecule has 34 valence electrons. The van der Waals surface area contributed by atoms with Gasteiger partial charge in [0.05, 0.1) is 0 Å². The second-order valence-electron chi connectivity index (χ2n) is 0.383. The molecule has 0 bridgehead atoms. The van der Waals surface area contributed by atoms with E-state index in [9.17, 15) is 0 Å². The average Bonchev–Trinajstić information content (AvgIpc) is 0.722. The summed E-state index contributed by atoms with van der Waals surface area (Å²) in [6, 6.07) is 0. The normalized spacial score (nSPS) is 10.0. The van der Waals surface area contributed by atoms with Crippen molar-refractivity contribution in [1.82, 2.24) is 0 Å². The van der Waals surface area contributed by atoms with Crippen molar-refractivity contribution in [3.8, 4) is 0 Å². The summed E-state index contributed by atoms with van der Waals surface area (Å²) in [5.41, 5.74) is 0. The van der Waals surface area contributed by atoms with E-state index in [2.05, 4.69) is 0 Å². The second-order valence-corrected chi connectivity index (χ2v) is 10.3. The molecule has 6 heteroatoms. The van der Waals surface area contributed by atoms with Crippen LogP contribution in [-0.2, 0) is 0 Å². The van der Waals surface area contributed by atoms with Crippen LogP contribution < -0.4 is 29.6 Å². The second kappa shape index (κ2) is 4.47. The molecule has 0 nitrogen and oxygen atoms in total. The van der Waals surface area contributed by atoms with E-state index < -0.39 is 4.67 Å². The average molecular weight is 197 g/mol. The summed E-state index contributed by atoms with van der Waals surface area (Å²) in [7, 11) is 0. The van der Waals surface area contributed by atoms with Gasteiger partial charge in [0.1, 0.15) is 45.0 Å². The Kier molecular flexibility index (Phi) is 8.48. The van der Waals surface area contributed by atoms with Crippen molar-refractivity contribution in [2.45, 2.75) is 0 Å². The fraction of sp³-hybridized carbons (Fsp3) is 0. The molecule has 0 atom stereocenters. The molecular formula is HCl4NaP+. The molecule has 0 heterocycles. The summed E-state index contributed by atoms with van der Waals surface area (Å²) in [5.74, 6) is 0. The van der Waals surface area contributed by atoms with Crippen molar-refractivity contribution < 1.29 is 31.0 Å². The minimum Gasteiger partial charge on any atom is -1.00 e. The maximum Gasteiger partial charge on any atom is 1.00 e. The molecule has 0 aromatic heterocycles. The zero-order valence-electron chi connectivity index (χ0n) is 3.96. The van der Waals surface area contributed by atoms with Crippen LogP contribution >= 0.6 is 49.6 Å². The Morgan fingerprint density at radius 1 is 1.00 bits per heavy atom. The number of hydrogen-bond donors (Lipinski definition) is 0. The predicted molar refractivity (Wildman–Crippen MR) is 31.4 cm³/mol. The van der Waals surface area contributed by atoms with E-state index in [1.165, 1.54) is 0 Å². The third-order valence-electron chi connectivity index (χ3n) is 0. The Morgan fingerprint density at radius 2 is 1.00 bits per heavy atom. The van der Waals surface area contributed by atoms with E-state index >= 15 is 0 Å². The molecule has 0 saturated heterocycles. The van der Waals surface area contributed by atoms with Crippen molar-refractivity contribution in [3.63, 3.8) is 0 Å². The first-order valence-corrected chi connectivity index (χ1v) is 6.09. The maximum absolute atomic E-state index is 4.94. The first kappa shape index (κ1) is 11.4. The quantitative estimate of drug-likeness (QED) is 0.396. The fourth-order valence-electron chi connectivity index (χ4n) is 0. The molecule has 0 N–H and O–H groups in total. The molecule has 0 spiro atoms. The van der Waals surface area contributed by atoms with Crippen molar-refractivity contribution in [3.05, 3.63) is 0 Å². The van der Waals surface area contributed by atoms with Gasteiger partial charge in [-0.3, -0.25) is 0 Å². The molecule has 6 heavy (non-hydrogen) atoms. The van der Waals surface area contributed by atoms with Gasteiger partial charge in [-0.25, -0.2) is 0 Å². The molecule has 0 aliphatic carbocycles. The summed E-state index contributed by atoms with van der Waals surface area (Å²) < 4.78 is -2.50. The number of rotatable bonds is 0. The summed E-state index contributed by atoms with van der Waals surface area (Å²) in [6.07, 6.45) is 0. The van der Waals surface area contributed by atoms with Crippen LogP contribution in [0.25, 0.3) is 0 Å². The summed E-state index contributed by atoms with van der Waals surface area (Å²) in [4.78, 5) is 0. The smallest absolute Gasteiger partial charge is 1.00 e. The van der Waals surface area contributed by atoms with Crippen molar-refractivity contribution >= 4 is 49.6 Å². The van der Waals surface area contributed by atoms with Crippen LogP contribution in [0.2, 0.25) is 0 Å². The zero-order chi connectivity index (χ0) is 4.50. The Morgan fingerprint density at radius 3 is 1.00 bits per heavy atom. The van der Waals surface area contributed by atoms with Crippen LogP contribution in [-0.4, -0.2) is 0 Å². The first-order valence-electron chi connectivity index (χ1n) is 0.676. The first-order chi connectivity index (χ1) is 2.00. The maximum atomic E-state index is 4.94. The van der Waals surface area contributed by atoms with E-state index in [1.807, 2.05) is 0 Å². The monoisotopic (exact) mass is 195 g/mol. The van der Waals surface area contributed by atoms with Crippen LogP contribution in [0.4, 0.5) is 0 Å². The third kappa shape index (κ3) is 30.7. The van der Waals surface area contributed by atoms with Gasteiger partial charge in [0.2, 0.25) is 0 Å². The summed E-state index contributed by atoms with van der Waals surface area (Å²) in [5, 5.41) is 0. The number of hydrogen-bond acceptors (Lipinski definition) is 0. The molecule has 0 saturated carbocycles. The van der Waals surface area contributed by atoms with Crippen LogP contribution in [0.1, 0.15) is 1.43 Å². The van der Waals surface area contributed by atoms with E-state index in [4.69, 9.17) is 45.0 Å². The molecule has 0 rings (SSSR count). The van der Waals surface area contributed by atoms with Gasteiger partial charge in [0, 0.05) is 0 Å². The summed E-state index contributed by atoms with van der Waals surface area (Å²) in [6.45, 7) is 0. The Balaban J connectivity index is -0.0000000800. The molecule has 0 aromatic rings. The third-order valence-corrected chi connectivity index (χ3v) is 0. The van der Waals surface area contributed by atoms with Crippen LogP contribution in [0.15, 0.2) is 0 Å². The van der Waals surface area contributed by atoms with Crippen molar-refractivity contribution in [2.24, 2.45) is 0 Å². The van der Waals surface area contributed by atoms with Gasteiger partial charge in [-0.15, -0.1) is 0 Å². The SMILES string of the molecule is Cl[P+](Cl)(Cl)Cl.[H-].[Na+]. The van der Waals surface area contributed by atoms with Gasteiger partial charge in [-0.2, -0.15) is 0 Å². The summed E-state index contributed by atoms with van der Waals surface area (Å²) >= 11 is 19.8.